The number of nitrogens with one attached hydrogen (secondary N) is 1. The van der Waals surface area contributed by atoms with Crippen molar-refractivity contribution in [1.82, 2.24) is 5.32 Å². The van der Waals surface area contributed by atoms with Gasteiger partial charge in [-0.1, -0.05) is 0 Å². The van der Waals surface area contributed by atoms with Crippen molar-refractivity contribution in [3.8, 4) is 11.5 Å². The van der Waals surface area contributed by atoms with Crippen molar-refractivity contribution < 1.29 is 19.7 Å². The van der Waals surface area contributed by atoms with E-state index in [1.165, 1.54) is 18.2 Å². The van der Waals surface area contributed by atoms with Crippen molar-refractivity contribution in [3.63, 3.8) is 0 Å². The predicted molar refractivity (Wildman–Crippen MR) is 58.8 cm³/mol. The minimum absolute atomic E-state index is 0.0736. The molecule has 0 heterocycles. The van der Waals surface area contributed by atoms with Gasteiger partial charge in [0.1, 0.15) is 6.73 Å². The van der Waals surface area contributed by atoms with E-state index in [2.05, 4.69) is 5.32 Å². The molecular weight excluding hydrogens is 210 g/mol. The molecule has 1 aromatic carbocycles. The van der Waals surface area contributed by atoms with E-state index in [9.17, 15) is 9.90 Å². The summed E-state index contributed by atoms with van der Waals surface area (Å²) < 4.78 is 5.21. The number of phenols is 1. The number of rotatable bonds is 5. The molecule has 0 aliphatic heterocycles. The minimum Gasteiger partial charge on any atom is -0.504 e. The maximum Gasteiger partial charge on any atom is 0.335 e. The van der Waals surface area contributed by atoms with Gasteiger partial charge < -0.3 is 14.9 Å². The van der Waals surface area contributed by atoms with Crippen molar-refractivity contribution in [2.24, 2.45) is 0 Å². The molecule has 0 bridgehead atoms. The molecule has 0 aromatic heterocycles. The van der Waals surface area contributed by atoms with Gasteiger partial charge in [0.25, 0.3) is 0 Å². The second kappa shape index (κ2) is 5.37. The lowest BCUT2D eigenvalue weighted by Gasteiger charge is -2.11. The highest BCUT2D eigenvalue weighted by Gasteiger charge is 2.08. The number of carbonyl (C=O) groups is 1. The van der Waals surface area contributed by atoms with E-state index >= 15 is 0 Å². The standard InChI is InChI=1S/C11H15NO4/c1-7(2)12-6-16-10-5-8(11(14)15)3-4-9(10)13/h3-5,7,12-13H,6H2,1-2H3,(H,14,15). The van der Waals surface area contributed by atoms with Crippen LogP contribution in [0.25, 0.3) is 0 Å². The van der Waals surface area contributed by atoms with Crippen LogP contribution in [0.15, 0.2) is 18.2 Å². The van der Waals surface area contributed by atoms with E-state index in [-0.39, 0.29) is 29.8 Å². The summed E-state index contributed by atoms with van der Waals surface area (Å²) in [6, 6.07) is 4.17. The van der Waals surface area contributed by atoms with Crippen LogP contribution in [0.4, 0.5) is 0 Å². The van der Waals surface area contributed by atoms with E-state index in [0.29, 0.717) is 0 Å². The predicted octanol–water partition coefficient (Wildman–Crippen LogP) is 1.42. The molecule has 0 amide bonds. The largest absolute Gasteiger partial charge is 0.504 e. The SMILES string of the molecule is CC(C)NCOc1cc(C(=O)O)ccc1O. The molecule has 5 nitrogen and oxygen atoms in total. The summed E-state index contributed by atoms with van der Waals surface area (Å²) in [7, 11) is 0. The monoisotopic (exact) mass is 225 g/mol. The quantitative estimate of drug-likeness (QED) is 0.660. The Morgan fingerprint density at radius 1 is 1.50 bits per heavy atom. The van der Waals surface area contributed by atoms with Gasteiger partial charge in [0.05, 0.1) is 5.56 Å². The second-order valence-corrected chi connectivity index (χ2v) is 3.64. The van der Waals surface area contributed by atoms with E-state index in [1.54, 1.807) is 0 Å². The molecule has 0 spiro atoms. The first-order valence-corrected chi connectivity index (χ1v) is 4.93. The van der Waals surface area contributed by atoms with Gasteiger partial charge in [0, 0.05) is 6.04 Å². The van der Waals surface area contributed by atoms with Gasteiger partial charge in [0.15, 0.2) is 11.5 Å². The van der Waals surface area contributed by atoms with Crippen LogP contribution in [0, 0.1) is 0 Å². The van der Waals surface area contributed by atoms with Gasteiger partial charge in [-0.2, -0.15) is 0 Å². The molecule has 3 N–H and O–H groups in total. The third-order valence-electron chi connectivity index (χ3n) is 1.93. The number of phenolic OH excluding ortho intramolecular Hbond substituents is 1. The summed E-state index contributed by atoms with van der Waals surface area (Å²) in [5, 5.41) is 21.2. The smallest absolute Gasteiger partial charge is 0.335 e. The van der Waals surface area contributed by atoms with Crippen LogP contribution in [-0.4, -0.2) is 29.0 Å². The molecule has 16 heavy (non-hydrogen) atoms. The zero-order valence-corrected chi connectivity index (χ0v) is 9.23. The summed E-state index contributed by atoms with van der Waals surface area (Å²) in [4.78, 5) is 10.7. The van der Waals surface area contributed by atoms with Crippen molar-refractivity contribution in [2.75, 3.05) is 6.73 Å². The third kappa shape index (κ3) is 3.43. The van der Waals surface area contributed by atoms with Crippen LogP contribution in [-0.2, 0) is 0 Å². The number of carboxylic acid groups (broad SMARTS) is 1. The molecule has 0 radical (unpaired) electrons. The maximum absolute atomic E-state index is 10.7. The summed E-state index contributed by atoms with van der Waals surface area (Å²) in [6.45, 7) is 4.13. The first-order chi connectivity index (χ1) is 7.50. The van der Waals surface area contributed by atoms with Gasteiger partial charge in [-0.3, -0.25) is 5.32 Å². The Balaban J connectivity index is 2.70. The molecule has 0 saturated heterocycles. The van der Waals surface area contributed by atoms with E-state index < -0.39 is 5.97 Å². The highest BCUT2D eigenvalue weighted by atomic mass is 16.5. The van der Waals surface area contributed by atoms with Crippen LogP contribution in [0.5, 0.6) is 11.5 Å². The van der Waals surface area contributed by atoms with E-state index in [0.717, 1.165) is 0 Å². The number of hydrogen-bond acceptors (Lipinski definition) is 4. The van der Waals surface area contributed by atoms with Crippen LogP contribution in [0.2, 0.25) is 0 Å². The maximum atomic E-state index is 10.7. The molecular formula is C11H15NO4. The number of hydrogen-bond donors (Lipinski definition) is 3. The molecule has 0 fully saturated rings. The molecule has 0 aliphatic carbocycles. The molecule has 88 valence electrons. The van der Waals surface area contributed by atoms with Gasteiger partial charge in [-0.25, -0.2) is 4.79 Å². The number of carboxylic acids is 1. The fraction of sp³-hybridized carbons (Fsp3) is 0.364. The van der Waals surface area contributed by atoms with Crippen molar-refractivity contribution >= 4 is 5.97 Å². The molecule has 1 rings (SSSR count). The van der Waals surface area contributed by atoms with Crippen molar-refractivity contribution in [2.45, 2.75) is 19.9 Å². The summed E-state index contributed by atoms with van der Waals surface area (Å²) >= 11 is 0. The number of ether oxygens (including phenoxy) is 1. The lowest BCUT2D eigenvalue weighted by molar-refractivity contribution is 0.0696. The molecule has 5 heteroatoms. The highest BCUT2D eigenvalue weighted by Crippen LogP contribution is 2.26. The third-order valence-corrected chi connectivity index (χ3v) is 1.93. The lowest BCUT2D eigenvalue weighted by Crippen LogP contribution is -2.27. The zero-order valence-electron chi connectivity index (χ0n) is 9.23. The topological polar surface area (TPSA) is 78.8 Å². The Morgan fingerprint density at radius 3 is 2.75 bits per heavy atom. The van der Waals surface area contributed by atoms with Gasteiger partial charge in [0.2, 0.25) is 0 Å². The zero-order chi connectivity index (χ0) is 12.1. The van der Waals surface area contributed by atoms with E-state index in [1.807, 2.05) is 13.8 Å². The van der Waals surface area contributed by atoms with Crippen molar-refractivity contribution in [1.29, 1.82) is 0 Å². The fourth-order valence-electron chi connectivity index (χ4n) is 1.05. The molecule has 1 aromatic rings. The molecule has 0 atom stereocenters. The van der Waals surface area contributed by atoms with Gasteiger partial charge in [-0.15, -0.1) is 0 Å². The fourth-order valence-corrected chi connectivity index (χ4v) is 1.05. The lowest BCUT2D eigenvalue weighted by atomic mass is 10.2. The number of aromatic carboxylic acids is 1. The number of benzene rings is 1. The van der Waals surface area contributed by atoms with Crippen LogP contribution >= 0.6 is 0 Å². The second-order valence-electron chi connectivity index (χ2n) is 3.64. The summed E-state index contributed by atoms with van der Waals surface area (Å²) in [5.74, 6) is -0.967. The van der Waals surface area contributed by atoms with Gasteiger partial charge in [-0.05, 0) is 32.0 Å². The van der Waals surface area contributed by atoms with Crippen LogP contribution in [0.1, 0.15) is 24.2 Å². The Hall–Kier alpha value is -1.75. The summed E-state index contributed by atoms with van der Waals surface area (Å²) in [6.07, 6.45) is 0. The Labute approximate surface area is 93.7 Å². The molecule has 0 aliphatic rings. The Kier molecular flexibility index (Phi) is 4.13. The minimum atomic E-state index is -1.05. The normalized spacial score (nSPS) is 10.4. The van der Waals surface area contributed by atoms with Crippen LogP contribution < -0.4 is 10.1 Å². The Bertz CT molecular complexity index is 376. The van der Waals surface area contributed by atoms with Gasteiger partial charge >= 0.3 is 5.97 Å². The summed E-state index contributed by atoms with van der Waals surface area (Å²) in [5.41, 5.74) is 0.0809. The first-order valence-electron chi connectivity index (χ1n) is 4.93. The van der Waals surface area contributed by atoms with Crippen molar-refractivity contribution in [3.05, 3.63) is 23.8 Å². The van der Waals surface area contributed by atoms with Crippen LogP contribution in [0.3, 0.4) is 0 Å². The average molecular weight is 225 g/mol. The average Bonchev–Trinajstić information content (AvgIpc) is 2.20. The first kappa shape index (κ1) is 12.3. The highest BCUT2D eigenvalue weighted by molar-refractivity contribution is 5.88. The molecule has 0 saturated carbocycles. The number of aromatic hydroxyl groups is 1. The Morgan fingerprint density at radius 2 is 2.19 bits per heavy atom. The van der Waals surface area contributed by atoms with E-state index in [4.69, 9.17) is 9.84 Å². The molecule has 0 unspecified atom stereocenters.